The molecule has 1 saturated heterocycles. The van der Waals surface area contributed by atoms with Crippen LogP contribution < -0.4 is 0 Å². The molecule has 0 bridgehead atoms. The summed E-state index contributed by atoms with van der Waals surface area (Å²) in [6, 6.07) is 13.8. The minimum atomic E-state index is -0.336. The van der Waals surface area contributed by atoms with Gasteiger partial charge in [0.2, 0.25) is 0 Å². The first-order chi connectivity index (χ1) is 15.0. The van der Waals surface area contributed by atoms with Gasteiger partial charge in [0.05, 0.1) is 12.3 Å². The highest BCUT2D eigenvalue weighted by Gasteiger charge is 2.26. The second-order valence-electron chi connectivity index (χ2n) is 7.37. The summed E-state index contributed by atoms with van der Waals surface area (Å²) in [5.41, 5.74) is 4.32. The quantitative estimate of drug-likeness (QED) is 0.644. The van der Waals surface area contributed by atoms with E-state index in [0.717, 1.165) is 16.7 Å². The van der Waals surface area contributed by atoms with Gasteiger partial charge in [-0.05, 0) is 53.6 Å². The third-order valence-electron chi connectivity index (χ3n) is 5.26. The molecule has 4 rings (SSSR count). The smallest absolute Gasteiger partial charge is 0.409 e. The first kappa shape index (κ1) is 20.5. The number of tetrazole rings is 1. The summed E-state index contributed by atoms with van der Waals surface area (Å²) in [4.78, 5) is 28.6. The fraction of sp³-hybridized carbons (Fsp3) is 0.318. The van der Waals surface area contributed by atoms with Crippen molar-refractivity contribution in [3.05, 3.63) is 59.9 Å². The molecule has 2 heterocycles. The molecule has 1 aliphatic rings. The Kier molecular flexibility index (Phi) is 5.92. The molecule has 160 valence electrons. The predicted molar refractivity (Wildman–Crippen MR) is 114 cm³/mol. The van der Waals surface area contributed by atoms with Crippen LogP contribution in [0.1, 0.15) is 22.8 Å². The highest BCUT2D eigenvalue weighted by molar-refractivity contribution is 5.96. The van der Waals surface area contributed by atoms with Crippen LogP contribution in [0, 0.1) is 6.92 Å². The molecule has 0 spiro atoms. The molecule has 9 nitrogen and oxygen atoms in total. The SMILES string of the molecule is CCOC(=O)N1CCN(C(=O)c2cc(-c3ccc(C)cc3)cc(-n3cnnn3)c2)CC1. The number of aryl methyl sites for hydroxylation is 1. The van der Waals surface area contributed by atoms with E-state index in [2.05, 4.69) is 15.5 Å². The van der Waals surface area contributed by atoms with Crippen molar-refractivity contribution in [3.63, 3.8) is 0 Å². The molecule has 9 heteroatoms. The Labute approximate surface area is 180 Å². The maximum atomic E-state index is 13.3. The Morgan fingerprint density at radius 2 is 1.68 bits per heavy atom. The van der Waals surface area contributed by atoms with Crippen LogP contribution in [0.25, 0.3) is 16.8 Å². The number of carbonyl (C=O) groups is 2. The highest BCUT2D eigenvalue weighted by Crippen LogP contribution is 2.25. The minimum absolute atomic E-state index is 0.0909. The summed E-state index contributed by atoms with van der Waals surface area (Å²) < 4.78 is 6.59. The maximum absolute atomic E-state index is 13.3. The van der Waals surface area contributed by atoms with Gasteiger partial charge in [0.25, 0.3) is 5.91 Å². The molecule has 1 aromatic heterocycles. The summed E-state index contributed by atoms with van der Waals surface area (Å²) in [5, 5.41) is 11.4. The Hall–Kier alpha value is -3.75. The van der Waals surface area contributed by atoms with Gasteiger partial charge in [-0.3, -0.25) is 4.79 Å². The minimum Gasteiger partial charge on any atom is -0.450 e. The van der Waals surface area contributed by atoms with E-state index in [4.69, 9.17) is 4.74 Å². The number of rotatable bonds is 4. The van der Waals surface area contributed by atoms with Gasteiger partial charge < -0.3 is 14.5 Å². The number of ether oxygens (including phenoxy) is 1. The van der Waals surface area contributed by atoms with Crippen LogP contribution in [0.4, 0.5) is 4.79 Å². The zero-order valence-electron chi connectivity index (χ0n) is 17.6. The van der Waals surface area contributed by atoms with E-state index >= 15 is 0 Å². The van der Waals surface area contributed by atoms with E-state index in [0.29, 0.717) is 44.0 Å². The van der Waals surface area contributed by atoms with Crippen LogP contribution in [0.3, 0.4) is 0 Å². The van der Waals surface area contributed by atoms with Crippen LogP contribution in [0.15, 0.2) is 48.8 Å². The second-order valence-corrected chi connectivity index (χ2v) is 7.37. The molecule has 2 aromatic carbocycles. The number of aromatic nitrogens is 4. The molecule has 1 aliphatic heterocycles. The van der Waals surface area contributed by atoms with Gasteiger partial charge in [-0.15, -0.1) is 5.10 Å². The van der Waals surface area contributed by atoms with Crippen LogP contribution in [0.2, 0.25) is 0 Å². The molecule has 1 fully saturated rings. The van der Waals surface area contributed by atoms with Gasteiger partial charge in [0, 0.05) is 31.7 Å². The summed E-state index contributed by atoms with van der Waals surface area (Å²) >= 11 is 0. The van der Waals surface area contributed by atoms with Crippen molar-refractivity contribution < 1.29 is 14.3 Å². The Morgan fingerprint density at radius 1 is 0.968 bits per heavy atom. The number of benzene rings is 2. The Balaban J connectivity index is 1.61. The summed E-state index contributed by atoms with van der Waals surface area (Å²) in [7, 11) is 0. The average molecular weight is 420 g/mol. The van der Waals surface area contributed by atoms with E-state index in [1.165, 1.54) is 11.0 Å². The lowest BCUT2D eigenvalue weighted by Crippen LogP contribution is -2.50. The topological polar surface area (TPSA) is 93.5 Å². The fourth-order valence-electron chi connectivity index (χ4n) is 3.55. The van der Waals surface area contributed by atoms with Crippen LogP contribution in [-0.4, -0.2) is 74.8 Å². The van der Waals surface area contributed by atoms with E-state index < -0.39 is 0 Å². The zero-order valence-corrected chi connectivity index (χ0v) is 17.6. The first-order valence-electron chi connectivity index (χ1n) is 10.2. The summed E-state index contributed by atoms with van der Waals surface area (Å²) in [5.74, 6) is -0.0909. The third kappa shape index (κ3) is 4.55. The van der Waals surface area contributed by atoms with Crippen molar-refractivity contribution in [2.75, 3.05) is 32.8 Å². The molecule has 0 saturated carbocycles. The zero-order chi connectivity index (χ0) is 21.8. The molecule has 3 aromatic rings. The van der Waals surface area contributed by atoms with Crippen LogP contribution >= 0.6 is 0 Å². The number of amides is 2. The van der Waals surface area contributed by atoms with Crippen molar-refractivity contribution >= 4 is 12.0 Å². The molecule has 0 radical (unpaired) electrons. The van der Waals surface area contributed by atoms with Gasteiger partial charge in [-0.1, -0.05) is 29.8 Å². The molecule has 0 N–H and O–H groups in total. The van der Waals surface area contributed by atoms with E-state index in [1.54, 1.807) is 22.8 Å². The number of hydrogen-bond donors (Lipinski definition) is 0. The lowest BCUT2D eigenvalue weighted by atomic mass is 10.00. The van der Waals surface area contributed by atoms with E-state index in [9.17, 15) is 9.59 Å². The average Bonchev–Trinajstić information content (AvgIpc) is 3.34. The fourth-order valence-corrected chi connectivity index (χ4v) is 3.55. The van der Waals surface area contributed by atoms with Gasteiger partial charge in [-0.25, -0.2) is 9.48 Å². The van der Waals surface area contributed by atoms with Gasteiger partial charge in [0.1, 0.15) is 6.33 Å². The van der Waals surface area contributed by atoms with Gasteiger partial charge in [0.15, 0.2) is 0 Å². The van der Waals surface area contributed by atoms with Gasteiger partial charge in [-0.2, -0.15) is 0 Å². The summed E-state index contributed by atoms with van der Waals surface area (Å²) in [6.07, 6.45) is 1.16. The van der Waals surface area contributed by atoms with Crippen molar-refractivity contribution in [2.24, 2.45) is 0 Å². The van der Waals surface area contributed by atoms with Crippen molar-refractivity contribution in [3.8, 4) is 16.8 Å². The number of carbonyl (C=O) groups excluding carboxylic acids is 2. The van der Waals surface area contributed by atoms with Crippen molar-refractivity contribution in [1.82, 2.24) is 30.0 Å². The highest BCUT2D eigenvalue weighted by atomic mass is 16.6. The Morgan fingerprint density at radius 3 is 2.32 bits per heavy atom. The lowest BCUT2D eigenvalue weighted by Gasteiger charge is -2.34. The predicted octanol–water partition coefficient (Wildman–Crippen LogP) is 2.55. The molecule has 0 aliphatic carbocycles. The monoisotopic (exact) mass is 420 g/mol. The second kappa shape index (κ2) is 8.95. The third-order valence-corrected chi connectivity index (χ3v) is 5.26. The standard InChI is InChI=1S/C22H24N6O3/c1-3-31-22(30)27-10-8-26(9-11-27)21(29)19-12-18(17-6-4-16(2)5-7-17)13-20(14-19)28-15-23-24-25-28/h4-7,12-15H,3,8-11H2,1-2H3. The van der Waals surface area contributed by atoms with E-state index in [-0.39, 0.29) is 12.0 Å². The molecule has 0 unspecified atom stereocenters. The lowest BCUT2D eigenvalue weighted by molar-refractivity contribution is 0.0570. The maximum Gasteiger partial charge on any atom is 0.409 e. The van der Waals surface area contributed by atoms with Crippen molar-refractivity contribution in [2.45, 2.75) is 13.8 Å². The van der Waals surface area contributed by atoms with Crippen LogP contribution in [-0.2, 0) is 4.74 Å². The molecular formula is C22H24N6O3. The molecule has 0 atom stereocenters. The van der Waals surface area contributed by atoms with Gasteiger partial charge >= 0.3 is 6.09 Å². The first-order valence-corrected chi connectivity index (χ1v) is 10.2. The molecule has 2 amide bonds. The Bertz CT molecular complexity index is 1060. The van der Waals surface area contributed by atoms with Crippen LogP contribution in [0.5, 0.6) is 0 Å². The summed E-state index contributed by atoms with van der Waals surface area (Å²) in [6.45, 7) is 5.94. The molecule has 31 heavy (non-hydrogen) atoms. The number of nitrogens with zero attached hydrogens (tertiary/aromatic N) is 6. The number of hydrogen-bond acceptors (Lipinski definition) is 6. The van der Waals surface area contributed by atoms with E-state index in [1.807, 2.05) is 43.3 Å². The normalized spacial score (nSPS) is 13.9. The molecular weight excluding hydrogens is 396 g/mol. The number of piperazine rings is 1. The van der Waals surface area contributed by atoms with Crippen molar-refractivity contribution in [1.29, 1.82) is 0 Å². The largest absolute Gasteiger partial charge is 0.450 e.